The highest BCUT2D eigenvalue weighted by Gasteiger charge is 2.38. The van der Waals surface area contributed by atoms with Crippen molar-refractivity contribution in [2.45, 2.75) is 70.1 Å². The summed E-state index contributed by atoms with van der Waals surface area (Å²) in [6, 6.07) is -3.96. The first-order valence-electron chi connectivity index (χ1n) is 10.3. The van der Waals surface area contributed by atoms with E-state index >= 15 is 0 Å². The van der Waals surface area contributed by atoms with Gasteiger partial charge in [0, 0.05) is 6.54 Å². The van der Waals surface area contributed by atoms with Crippen LogP contribution in [-0.4, -0.2) is 82.7 Å². The van der Waals surface area contributed by atoms with Crippen molar-refractivity contribution < 1.29 is 29.4 Å². The number of aliphatic carboxylic acids is 1. The lowest BCUT2D eigenvalue weighted by atomic mass is 10.0. The van der Waals surface area contributed by atoms with E-state index in [1.165, 1.54) is 4.90 Å². The minimum absolute atomic E-state index is 0.305. The first-order chi connectivity index (χ1) is 14.1. The van der Waals surface area contributed by atoms with Crippen LogP contribution in [0.4, 0.5) is 0 Å². The Balaban J connectivity index is 2.95. The van der Waals surface area contributed by atoms with Crippen LogP contribution < -0.4 is 22.1 Å². The van der Waals surface area contributed by atoms with Gasteiger partial charge < -0.3 is 37.2 Å². The Morgan fingerprint density at radius 2 is 1.80 bits per heavy atom. The molecule has 0 radical (unpaired) electrons. The van der Waals surface area contributed by atoms with E-state index in [4.69, 9.17) is 16.6 Å². The van der Waals surface area contributed by atoms with Crippen molar-refractivity contribution in [2.75, 3.05) is 19.7 Å². The van der Waals surface area contributed by atoms with Crippen LogP contribution >= 0.6 is 0 Å². The largest absolute Gasteiger partial charge is 0.480 e. The molecule has 30 heavy (non-hydrogen) atoms. The first kappa shape index (κ1) is 25.8. The smallest absolute Gasteiger partial charge is 0.326 e. The minimum atomic E-state index is -1.16. The number of unbranched alkanes of at least 4 members (excludes halogenated alkanes) is 1. The molecular formula is C19H35N5O6. The van der Waals surface area contributed by atoms with E-state index in [9.17, 15) is 24.3 Å². The summed E-state index contributed by atoms with van der Waals surface area (Å²) < 4.78 is 0. The van der Waals surface area contributed by atoms with E-state index in [0.29, 0.717) is 45.2 Å². The zero-order chi connectivity index (χ0) is 22.8. The zero-order valence-corrected chi connectivity index (χ0v) is 17.7. The lowest BCUT2D eigenvalue weighted by Crippen LogP contribution is -2.58. The highest BCUT2D eigenvalue weighted by molar-refractivity contribution is 5.94. The van der Waals surface area contributed by atoms with Crippen molar-refractivity contribution in [3.05, 3.63) is 0 Å². The fourth-order valence-corrected chi connectivity index (χ4v) is 3.38. The third kappa shape index (κ3) is 7.22. The van der Waals surface area contributed by atoms with Gasteiger partial charge in [-0.05, 0) is 44.6 Å². The highest BCUT2D eigenvalue weighted by atomic mass is 16.4. The number of aliphatic hydroxyl groups is 1. The second-order valence-electron chi connectivity index (χ2n) is 7.89. The molecule has 3 amide bonds. The van der Waals surface area contributed by atoms with Gasteiger partial charge in [-0.3, -0.25) is 14.4 Å². The van der Waals surface area contributed by atoms with Crippen molar-refractivity contribution in [1.29, 1.82) is 0 Å². The zero-order valence-electron chi connectivity index (χ0n) is 17.7. The van der Waals surface area contributed by atoms with Crippen LogP contribution in [0, 0.1) is 5.92 Å². The number of amides is 3. The second kappa shape index (κ2) is 12.5. The van der Waals surface area contributed by atoms with Crippen molar-refractivity contribution in [1.82, 2.24) is 15.5 Å². The fraction of sp³-hybridized carbons (Fsp3) is 0.789. The third-order valence-corrected chi connectivity index (χ3v) is 5.16. The maximum absolute atomic E-state index is 13.0. The predicted molar refractivity (Wildman–Crippen MR) is 109 cm³/mol. The van der Waals surface area contributed by atoms with Crippen LogP contribution in [0.25, 0.3) is 0 Å². The van der Waals surface area contributed by atoms with Gasteiger partial charge in [-0.1, -0.05) is 13.8 Å². The average Bonchev–Trinajstić information content (AvgIpc) is 3.19. The van der Waals surface area contributed by atoms with Crippen LogP contribution in [-0.2, 0) is 19.2 Å². The summed E-state index contributed by atoms with van der Waals surface area (Å²) in [5.74, 6) is -3.08. The average molecular weight is 430 g/mol. The third-order valence-electron chi connectivity index (χ3n) is 5.16. The van der Waals surface area contributed by atoms with E-state index in [-0.39, 0.29) is 5.92 Å². The van der Waals surface area contributed by atoms with Gasteiger partial charge in [-0.25, -0.2) is 4.79 Å². The minimum Gasteiger partial charge on any atom is -0.480 e. The summed E-state index contributed by atoms with van der Waals surface area (Å²) in [6.07, 6.45) is 2.48. The molecule has 172 valence electrons. The van der Waals surface area contributed by atoms with Gasteiger partial charge in [0.1, 0.15) is 24.2 Å². The summed E-state index contributed by atoms with van der Waals surface area (Å²) in [5.41, 5.74) is 11.0. The summed E-state index contributed by atoms with van der Waals surface area (Å²) in [4.78, 5) is 50.7. The molecule has 0 aromatic heterocycles. The molecule has 0 aromatic rings. The Labute approximate surface area is 176 Å². The van der Waals surface area contributed by atoms with E-state index in [2.05, 4.69) is 10.6 Å². The lowest BCUT2D eigenvalue weighted by molar-refractivity contribution is -0.149. The van der Waals surface area contributed by atoms with Gasteiger partial charge in [0.2, 0.25) is 17.7 Å². The molecule has 1 aliphatic rings. The molecule has 1 fully saturated rings. The molecule has 0 spiro atoms. The number of carbonyl (C=O) groups excluding carboxylic acids is 3. The van der Waals surface area contributed by atoms with Gasteiger partial charge in [-0.2, -0.15) is 0 Å². The molecular weight excluding hydrogens is 394 g/mol. The number of likely N-dealkylation sites (tertiary alicyclic amines) is 1. The number of carboxylic acid groups (broad SMARTS) is 1. The Bertz CT molecular complexity index is 614. The Kier molecular flexibility index (Phi) is 10.7. The molecule has 11 heteroatoms. The first-order valence-corrected chi connectivity index (χ1v) is 10.3. The van der Waals surface area contributed by atoms with Crippen LogP contribution in [0.2, 0.25) is 0 Å². The molecule has 0 aromatic carbocycles. The lowest BCUT2D eigenvalue weighted by Gasteiger charge is -2.30. The van der Waals surface area contributed by atoms with Crippen molar-refractivity contribution in [2.24, 2.45) is 17.4 Å². The molecule has 1 rings (SSSR count). The Hall–Kier alpha value is -2.24. The van der Waals surface area contributed by atoms with E-state index in [1.807, 2.05) is 0 Å². The molecule has 4 atom stereocenters. The molecule has 1 aliphatic heterocycles. The number of carboxylic acids is 1. The van der Waals surface area contributed by atoms with Gasteiger partial charge in [0.15, 0.2) is 0 Å². The number of nitrogens with zero attached hydrogens (tertiary/aromatic N) is 1. The number of carbonyl (C=O) groups is 4. The van der Waals surface area contributed by atoms with Gasteiger partial charge in [0.25, 0.3) is 0 Å². The van der Waals surface area contributed by atoms with Crippen LogP contribution in [0.3, 0.4) is 0 Å². The van der Waals surface area contributed by atoms with Gasteiger partial charge in [-0.15, -0.1) is 0 Å². The van der Waals surface area contributed by atoms with E-state index in [0.717, 1.165) is 0 Å². The number of rotatable bonds is 12. The van der Waals surface area contributed by atoms with Crippen molar-refractivity contribution >= 4 is 23.7 Å². The van der Waals surface area contributed by atoms with Crippen LogP contribution in [0.15, 0.2) is 0 Å². The highest BCUT2D eigenvalue weighted by Crippen LogP contribution is 2.20. The molecule has 4 unspecified atom stereocenters. The van der Waals surface area contributed by atoms with E-state index < -0.39 is 54.5 Å². The molecule has 8 N–H and O–H groups in total. The van der Waals surface area contributed by atoms with Crippen molar-refractivity contribution in [3.8, 4) is 0 Å². The maximum Gasteiger partial charge on any atom is 0.326 e. The molecule has 0 aliphatic carbocycles. The molecule has 1 saturated heterocycles. The molecule has 1 heterocycles. The van der Waals surface area contributed by atoms with Crippen LogP contribution in [0.5, 0.6) is 0 Å². The summed E-state index contributed by atoms with van der Waals surface area (Å²) in [6.45, 7) is 3.63. The summed E-state index contributed by atoms with van der Waals surface area (Å²) >= 11 is 0. The molecule has 0 saturated carbocycles. The number of nitrogens with two attached hydrogens (primary N) is 2. The topological polar surface area (TPSA) is 188 Å². The maximum atomic E-state index is 13.0. The Morgan fingerprint density at radius 1 is 1.13 bits per heavy atom. The van der Waals surface area contributed by atoms with Crippen LogP contribution in [0.1, 0.15) is 46.0 Å². The van der Waals surface area contributed by atoms with Gasteiger partial charge in [0.05, 0.1) is 6.61 Å². The number of hydrogen-bond donors (Lipinski definition) is 6. The van der Waals surface area contributed by atoms with E-state index in [1.54, 1.807) is 13.8 Å². The SMILES string of the molecule is CC(C)C(NC(=O)C(N)CO)C(=O)NC(CCCCN)C(=O)N1CCCC1C(=O)O. The summed E-state index contributed by atoms with van der Waals surface area (Å²) in [7, 11) is 0. The summed E-state index contributed by atoms with van der Waals surface area (Å²) in [5, 5.41) is 23.6. The fourth-order valence-electron chi connectivity index (χ4n) is 3.38. The monoisotopic (exact) mass is 429 g/mol. The number of hydrogen-bond acceptors (Lipinski definition) is 7. The standard InChI is InChI=1S/C19H35N5O6/c1-11(2)15(23-16(26)12(21)10-25)17(27)22-13(6-3-4-8-20)18(28)24-9-5-7-14(24)19(29)30/h11-15,25H,3-10,20-21H2,1-2H3,(H,22,27)(H,23,26)(H,29,30). The quantitative estimate of drug-likeness (QED) is 0.195. The number of nitrogens with one attached hydrogen (secondary N) is 2. The Morgan fingerprint density at radius 3 is 2.33 bits per heavy atom. The van der Waals surface area contributed by atoms with Gasteiger partial charge >= 0.3 is 5.97 Å². The normalized spacial score (nSPS) is 19.3. The second-order valence-corrected chi connectivity index (χ2v) is 7.89. The predicted octanol–water partition coefficient (Wildman–Crippen LogP) is -1.86. The van der Waals surface area contributed by atoms with Crippen molar-refractivity contribution in [3.63, 3.8) is 0 Å². The number of aliphatic hydroxyl groups excluding tert-OH is 1. The molecule has 0 bridgehead atoms. The molecule has 11 nitrogen and oxygen atoms in total.